The Labute approximate surface area is 171 Å². The maximum atomic E-state index is 6.36. The molecule has 0 radical (unpaired) electrons. The zero-order chi connectivity index (χ0) is 18.5. The molecule has 1 aromatic heterocycles. The first-order valence-electron chi connectivity index (χ1n) is 8.60. The molecule has 3 aromatic rings. The molecule has 0 saturated carbocycles. The number of hydrogen-bond acceptors (Lipinski definition) is 7. The monoisotopic (exact) mass is 419 g/mol. The van der Waals surface area contributed by atoms with Crippen molar-refractivity contribution in [3.05, 3.63) is 58.6 Å². The normalized spacial score (nSPS) is 13.2. The van der Waals surface area contributed by atoms with Crippen molar-refractivity contribution in [2.24, 2.45) is 0 Å². The summed E-state index contributed by atoms with van der Waals surface area (Å²) in [7, 11) is 0. The molecule has 0 fully saturated rings. The lowest BCUT2D eigenvalue weighted by molar-refractivity contribution is 0.297. The van der Waals surface area contributed by atoms with Gasteiger partial charge in [0.25, 0.3) is 0 Å². The predicted octanol–water partition coefficient (Wildman–Crippen LogP) is 5.26. The second kappa shape index (κ2) is 8.82. The van der Waals surface area contributed by atoms with Crippen LogP contribution in [0.5, 0.6) is 11.5 Å². The van der Waals surface area contributed by atoms with Gasteiger partial charge >= 0.3 is 0 Å². The molecule has 0 aliphatic carbocycles. The van der Waals surface area contributed by atoms with Crippen LogP contribution in [0.3, 0.4) is 0 Å². The number of rotatable bonds is 6. The van der Waals surface area contributed by atoms with E-state index in [1.807, 2.05) is 30.3 Å². The number of hydrogen-bond donors (Lipinski definition) is 1. The van der Waals surface area contributed by atoms with E-state index in [4.69, 9.17) is 21.1 Å². The van der Waals surface area contributed by atoms with Gasteiger partial charge in [0.1, 0.15) is 0 Å². The van der Waals surface area contributed by atoms with Crippen molar-refractivity contribution in [1.82, 2.24) is 10.2 Å². The molecular formula is C19H18ClN3O2S2. The Morgan fingerprint density at radius 3 is 2.81 bits per heavy atom. The molecule has 5 nitrogen and oxygen atoms in total. The fourth-order valence-corrected chi connectivity index (χ4v) is 4.59. The number of benzene rings is 2. The Hall–Kier alpha value is -1.96. The topological polar surface area (TPSA) is 56.3 Å². The summed E-state index contributed by atoms with van der Waals surface area (Å²) < 4.78 is 12.3. The third-order valence-corrected chi connectivity index (χ3v) is 6.28. The van der Waals surface area contributed by atoms with E-state index < -0.39 is 0 Å². The molecular weight excluding hydrogens is 402 g/mol. The molecule has 0 bridgehead atoms. The number of halogens is 1. The summed E-state index contributed by atoms with van der Waals surface area (Å²) in [5.74, 6) is 2.10. The van der Waals surface area contributed by atoms with Crippen molar-refractivity contribution in [1.29, 1.82) is 0 Å². The lowest BCUT2D eigenvalue weighted by Crippen LogP contribution is -1.98. The number of anilines is 1. The molecule has 140 valence electrons. The first-order valence-corrected chi connectivity index (χ1v) is 10.8. The Morgan fingerprint density at radius 2 is 1.93 bits per heavy atom. The van der Waals surface area contributed by atoms with E-state index in [0.29, 0.717) is 24.0 Å². The number of aromatic nitrogens is 2. The number of nitrogens with one attached hydrogen (secondary N) is 1. The van der Waals surface area contributed by atoms with Gasteiger partial charge in [-0.15, -0.1) is 10.2 Å². The molecule has 4 rings (SSSR count). The minimum Gasteiger partial charge on any atom is -0.489 e. The van der Waals surface area contributed by atoms with E-state index >= 15 is 0 Å². The van der Waals surface area contributed by atoms with Gasteiger partial charge in [-0.1, -0.05) is 65.0 Å². The fraction of sp³-hybridized carbons (Fsp3) is 0.263. The largest absolute Gasteiger partial charge is 0.489 e. The molecule has 0 spiro atoms. The van der Waals surface area contributed by atoms with Gasteiger partial charge in [-0.05, 0) is 23.3 Å². The van der Waals surface area contributed by atoms with Gasteiger partial charge in [0, 0.05) is 18.7 Å². The van der Waals surface area contributed by atoms with Gasteiger partial charge < -0.3 is 14.8 Å². The van der Waals surface area contributed by atoms with Gasteiger partial charge in [-0.3, -0.25) is 0 Å². The Kier molecular flexibility index (Phi) is 6.01. The van der Waals surface area contributed by atoms with Crippen molar-refractivity contribution >= 4 is 39.8 Å². The molecule has 1 aliphatic rings. The Balaban J connectivity index is 1.36. The minimum atomic E-state index is 0.590. The minimum absolute atomic E-state index is 0.590. The van der Waals surface area contributed by atoms with Crippen molar-refractivity contribution in [2.75, 3.05) is 18.5 Å². The number of fused-ring (bicyclic) bond motifs is 1. The summed E-state index contributed by atoms with van der Waals surface area (Å²) in [6, 6.07) is 14.1. The smallest absolute Gasteiger partial charge is 0.206 e. The van der Waals surface area contributed by atoms with Crippen LogP contribution in [-0.2, 0) is 12.3 Å². The Morgan fingerprint density at radius 1 is 1.07 bits per heavy atom. The third-order valence-electron chi connectivity index (χ3n) is 3.92. The summed E-state index contributed by atoms with van der Waals surface area (Å²) in [6.07, 6.45) is 0.860. The van der Waals surface area contributed by atoms with Crippen LogP contribution >= 0.6 is 34.7 Å². The number of thioether (sulfide) groups is 1. The van der Waals surface area contributed by atoms with Crippen LogP contribution in [0.2, 0.25) is 5.02 Å². The molecule has 0 amide bonds. The van der Waals surface area contributed by atoms with Gasteiger partial charge in [0.15, 0.2) is 15.8 Å². The molecule has 0 unspecified atom stereocenters. The van der Waals surface area contributed by atoms with E-state index in [2.05, 4.69) is 27.6 Å². The summed E-state index contributed by atoms with van der Waals surface area (Å²) in [5.41, 5.74) is 2.28. The van der Waals surface area contributed by atoms with Crippen molar-refractivity contribution in [2.45, 2.75) is 23.1 Å². The van der Waals surface area contributed by atoms with Crippen LogP contribution < -0.4 is 14.8 Å². The van der Waals surface area contributed by atoms with Crippen molar-refractivity contribution < 1.29 is 9.47 Å². The highest BCUT2D eigenvalue weighted by Gasteiger charge is 2.16. The molecule has 27 heavy (non-hydrogen) atoms. The lowest BCUT2D eigenvalue weighted by atomic mass is 10.2. The second-order valence-electron chi connectivity index (χ2n) is 5.96. The molecule has 2 heterocycles. The number of nitrogens with zero attached hydrogens (tertiary/aromatic N) is 2. The van der Waals surface area contributed by atoms with E-state index in [1.165, 1.54) is 5.56 Å². The van der Waals surface area contributed by atoms with Crippen LogP contribution in [0.1, 0.15) is 17.5 Å². The van der Waals surface area contributed by atoms with Crippen LogP contribution in [0.15, 0.2) is 46.8 Å². The zero-order valence-electron chi connectivity index (χ0n) is 14.5. The third kappa shape index (κ3) is 4.86. The standard InChI is InChI=1S/C19H18ClN3O2S2/c20-15-9-14(10-16-17(15)25-8-4-7-24-16)12-26-19-23-22-18(27-19)21-11-13-5-2-1-3-6-13/h1-3,5-6,9-10H,4,7-8,11-12H2,(H,21,22). The first-order chi connectivity index (χ1) is 13.3. The average Bonchev–Trinajstić information content (AvgIpc) is 3.01. The molecule has 8 heteroatoms. The highest BCUT2D eigenvalue weighted by molar-refractivity contribution is 8.00. The number of ether oxygens (including phenoxy) is 2. The van der Waals surface area contributed by atoms with E-state index in [1.54, 1.807) is 23.1 Å². The SMILES string of the molecule is Clc1cc(CSc2nnc(NCc3ccccc3)s2)cc2c1OCCCO2. The molecule has 0 atom stereocenters. The quantitative estimate of drug-likeness (QED) is 0.550. The van der Waals surface area contributed by atoms with Crippen molar-refractivity contribution in [3.8, 4) is 11.5 Å². The fourth-order valence-electron chi connectivity index (χ4n) is 2.63. The van der Waals surface area contributed by atoms with Crippen LogP contribution in [0.25, 0.3) is 0 Å². The van der Waals surface area contributed by atoms with Crippen LogP contribution in [0, 0.1) is 0 Å². The zero-order valence-corrected chi connectivity index (χ0v) is 16.9. The lowest BCUT2D eigenvalue weighted by Gasteiger charge is -2.11. The van der Waals surface area contributed by atoms with Gasteiger partial charge in [0.05, 0.1) is 18.2 Å². The maximum Gasteiger partial charge on any atom is 0.206 e. The molecule has 0 saturated heterocycles. The van der Waals surface area contributed by atoms with E-state index in [9.17, 15) is 0 Å². The van der Waals surface area contributed by atoms with E-state index in [0.717, 1.165) is 39.5 Å². The van der Waals surface area contributed by atoms with Crippen LogP contribution in [-0.4, -0.2) is 23.4 Å². The highest BCUT2D eigenvalue weighted by Crippen LogP contribution is 2.39. The average molecular weight is 420 g/mol. The van der Waals surface area contributed by atoms with Gasteiger partial charge in [0.2, 0.25) is 5.13 Å². The second-order valence-corrected chi connectivity index (χ2v) is 8.56. The van der Waals surface area contributed by atoms with Gasteiger partial charge in [-0.2, -0.15) is 0 Å². The predicted molar refractivity (Wildman–Crippen MR) is 110 cm³/mol. The summed E-state index contributed by atoms with van der Waals surface area (Å²) in [4.78, 5) is 0. The summed E-state index contributed by atoms with van der Waals surface area (Å²) in [5, 5.41) is 13.2. The van der Waals surface area contributed by atoms with Crippen LogP contribution in [0.4, 0.5) is 5.13 Å². The van der Waals surface area contributed by atoms with Gasteiger partial charge in [-0.25, -0.2) is 0 Å². The highest BCUT2D eigenvalue weighted by atomic mass is 35.5. The Bertz CT molecular complexity index is 905. The van der Waals surface area contributed by atoms with Crippen molar-refractivity contribution in [3.63, 3.8) is 0 Å². The van der Waals surface area contributed by atoms with E-state index in [-0.39, 0.29) is 0 Å². The molecule has 1 N–H and O–H groups in total. The summed E-state index contributed by atoms with van der Waals surface area (Å²) in [6.45, 7) is 2.01. The maximum absolute atomic E-state index is 6.36. The molecule has 1 aliphatic heterocycles. The molecule has 2 aromatic carbocycles. The first kappa shape index (κ1) is 18.4. The summed E-state index contributed by atoms with van der Waals surface area (Å²) >= 11 is 9.53.